The third-order valence-corrected chi connectivity index (χ3v) is 6.83. The largest absolute Gasteiger partial charge is 0.492 e. The molecular formula is C30H35N3O4. The van der Waals surface area contributed by atoms with Crippen LogP contribution >= 0.6 is 0 Å². The van der Waals surface area contributed by atoms with Gasteiger partial charge in [-0.3, -0.25) is 9.36 Å². The summed E-state index contributed by atoms with van der Waals surface area (Å²) in [5.74, 6) is 1.39. The second-order valence-electron chi connectivity index (χ2n) is 11.1. The third-order valence-electron chi connectivity index (χ3n) is 6.83. The number of pyridine rings is 1. The quantitative estimate of drug-likeness (QED) is 0.413. The highest BCUT2D eigenvalue weighted by molar-refractivity contribution is 5.95. The first-order chi connectivity index (χ1) is 17.7. The molecule has 2 aliphatic rings. The number of aryl methyl sites for hydroxylation is 1. The van der Waals surface area contributed by atoms with E-state index < -0.39 is 5.60 Å². The van der Waals surface area contributed by atoms with Gasteiger partial charge in [0, 0.05) is 12.2 Å². The summed E-state index contributed by atoms with van der Waals surface area (Å²) >= 11 is 0. The van der Waals surface area contributed by atoms with Gasteiger partial charge < -0.3 is 14.8 Å². The first kappa shape index (κ1) is 25.2. The van der Waals surface area contributed by atoms with Gasteiger partial charge in [0.05, 0.1) is 25.0 Å². The molecule has 3 aromatic rings. The number of carbonyl (C=O) groups excluding carboxylic acids is 2. The first-order valence-electron chi connectivity index (χ1n) is 13.1. The molecule has 1 N–H and O–H groups in total. The van der Waals surface area contributed by atoms with Crippen LogP contribution in [0.25, 0.3) is 11.3 Å². The fourth-order valence-corrected chi connectivity index (χ4v) is 4.63. The molecule has 2 aliphatic carbocycles. The fraction of sp³-hybridized carbons (Fsp3) is 0.433. The van der Waals surface area contributed by atoms with Crippen molar-refractivity contribution in [3.63, 3.8) is 0 Å². The van der Waals surface area contributed by atoms with Gasteiger partial charge in [-0.05, 0) is 106 Å². The molecule has 0 radical (unpaired) electrons. The highest BCUT2D eigenvalue weighted by atomic mass is 16.6. The van der Waals surface area contributed by atoms with Crippen LogP contribution in [0.5, 0.6) is 5.75 Å². The highest BCUT2D eigenvalue weighted by Gasteiger charge is 2.24. The van der Waals surface area contributed by atoms with E-state index in [1.807, 2.05) is 39.0 Å². The molecule has 1 atom stereocenters. The van der Waals surface area contributed by atoms with Crippen molar-refractivity contribution in [2.45, 2.75) is 64.5 Å². The van der Waals surface area contributed by atoms with Crippen LogP contribution in [0.1, 0.15) is 61.6 Å². The number of aromatic nitrogens is 2. The maximum absolute atomic E-state index is 12.7. The van der Waals surface area contributed by atoms with E-state index in [-0.39, 0.29) is 24.5 Å². The molecule has 2 aromatic heterocycles. The molecule has 7 heteroatoms. The van der Waals surface area contributed by atoms with Gasteiger partial charge in [0.1, 0.15) is 17.0 Å². The molecule has 1 unspecified atom stereocenters. The zero-order valence-corrected chi connectivity index (χ0v) is 21.8. The Morgan fingerprint density at radius 1 is 1.08 bits per heavy atom. The van der Waals surface area contributed by atoms with Crippen molar-refractivity contribution < 1.29 is 19.1 Å². The molecule has 1 fully saturated rings. The number of benzene rings is 1. The lowest BCUT2D eigenvalue weighted by molar-refractivity contribution is 0.0540. The number of nitrogens with zero attached hydrogens (tertiary/aromatic N) is 2. The summed E-state index contributed by atoms with van der Waals surface area (Å²) in [6.07, 6.45) is 8.19. The summed E-state index contributed by atoms with van der Waals surface area (Å²) < 4.78 is 12.8. The van der Waals surface area contributed by atoms with E-state index in [0.717, 1.165) is 42.9 Å². The lowest BCUT2D eigenvalue weighted by Gasteiger charge is -2.26. The van der Waals surface area contributed by atoms with Crippen molar-refractivity contribution in [3.05, 3.63) is 71.7 Å². The third kappa shape index (κ3) is 6.46. The lowest BCUT2D eigenvalue weighted by Crippen LogP contribution is -2.38. The molecule has 194 valence electrons. The summed E-state index contributed by atoms with van der Waals surface area (Å²) in [7, 11) is 0. The number of hydrogen-bond donors (Lipinski definition) is 1. The Morgan fingerprint density at radius 3 is 2.65 bits per heavy atom. The predicted molar refractivity (Wildman–Crippen MR) is 142 cm³/mol. The topological polar surface area (TPSA) is 82.5 Å². The Morgan fingerprint density at radius 2 is 1.92 bits per heavy atom. The van der Waals surface area contributed by atoms with E-state index in [1.165, 1.54) is 24.0 Å². The molecule has 0 saturated heterocycles. The summed E-state index contributed by atoms with van der Waals surface area (Å²) in [5.41, 5.74) is 4.26. The van der Waals surface area contributed by atoms with Crippen LogP contribution < -0.4 is 10.1 Å². The minimum atomic E-state index is -0.554. The molecule has 1 aromatic carbocycles. The average Bonchev–Trinajstić information content (AvgIpc) is 3.57. The summed E-state index contributed by atoms with van der Waals surface area (Å²) in [6, 6.07) is 14.0. The monoisotopic (exact) mass is 501 g/mol. The van der Waals surface area contributed by atoms with Gasteiger partial charge in [-0.25, -0.2) is 9.78 Å². The van der Waals surface area contributed by atoms with Gasteiger partial charge in [0.2, 0.25) is 0 Å². The SMILES string of the molecule is CC(C)(C)OC(=O)n1cccc1-c1ccc2c(c1)CCC(NCC(=O)c1ccc(OCC3CC3)cn1)C2. The minimum absolute atomic E-state index is 0.0159. The van der Waals surface area contributed by atoms with Crippen LogP contribution in [0, 0.1) is 5.92 Å². The maximum Gasteiger partial charge on any atom is 0.418 e. The standard InChI is InChI=1S/C30H35N3O4/c1-30(2,3)37-29(35)33-14-4-5-27(33)23-9-8-22-16-24(11-10-21(22)15-23)31-18-28(34)26-13-12-25(17-32-26)36-19-20-6-7-20/h4-5,8-9,12-15,17,20,24,31H,6-7,10-11,16,18-19H2,1-3H3. The van der Waals surface area contributed by atoms with Gasteiger partial charge in [0.25, 0.3) is 0 Å². The van der Waals surface area contributed by atoms with Crippen molar-refractivity contribution in [2.24, 2.45) is 5.92 Å². The van der Waals surface area contributed by atoms with Crippen LogP contribution in [0.2, 0.25) is 0 Å². The Kier molecular flexibility index (Phi) is 7.15. The molecular weight excluding hydrogens is 466 g/mol. The summed E-state index contributed by atoms with van der Waals surface area (Å²) in [5, 5.41) is 3.43. The van der Waals surface area contributed by atoms with E-state index >= 15 is 0 Å². The Labute approximate surface area is 218 Å². The molecule has 2 heterocycles. The Balaban J connectivity index is 1.17. The number of carbonyl (C=O) groups is 2. The van der Waals surface area contributed by atoms with Crippen LogP contribution in [-0.4, -0.2) is 46.2 Å². The smallest absolute Gasteiger partial charge is 0.418 e. The zero-order valence-electron chi connectivity index (χ0n) is 21.8. The van der Waals surface area contributed by atoms with Crippen LogP contribution in [-0.2, 0) is 17.6 Å². The van der Waals surface area contributed by atoms with E-state index in [0.29, 0.717) is 11.6 Å². The number of Topliss-reactive ketones (excluding diaryl/α,β-unsaturated/α-hetero) is 1. The summed E-state index contributed by atoms with van der Waals surface area (Å²) in [6.45, 7) is 6.59. The van der Waals surface area contributed by atoms with Crippen LogP contribution in [0.3, 0.4) is 0 Å². The number of rotatable bonds is 8. The first-order valence-corrected chi connectivity index (χ1v) is 13.1. The molecule has 0 aliphatic heterocycles. The molecule has 0 amide bonds. The van der Waals surface area contributed by atoms with Crippen molar-refractivity contribution in [3.8, 4) is 17.0 Å². The number of ketones is 1. The highest BCUT2D eigenvalue weighted by Crippen LogP contribution is 2.30. The van der Waals surface area contributed by atoms with Crippen molar-refractivity contribution >= 4 is 11.9 Å². The maximum atomic E-state index is 12.7. The van der Waals surface area contributed by atoms with E-state index in [4.69, 9.17) is 9.47 Å². The molecule has 0 spiro atoms. The van der Waals surface area contributed by atoms with E-state index in [2.05, 4.69) is 28.5 Å². The number of hydrogen-bond acceptors (Lipinski definition) is 6. The van der Waals surface area contributed by atoms with Gasteiger partial charge in [-0.15, -0.1) is 0 Å². The Bertz CT molecular complexity index is 1270. The second kappa shape index (κ2) is 10.5. The number of ether oxygens (including phenoxy) is 2. The predicted octanol–water partition coefficient (Wildman–Crippen LogP) is 5.45. The van der Waals surface area contributed by atoms with Crippen LogP contribution in [0.4, 0.5) is 4.79 Å². The minimum Gasteiger partial charge on any atom is -0.492 e. The molecule has 1 saturated carbocycles. The Hall–Kier alpha value is -3.45. The molecule has 0 bridgehead atoms. The molecule has 37 heavy (non-hydrogen) atoms. The molecule has 5 rings (SSSR count). The van der Waals surface area contributed by atoms with E-state index in [9.17, 15) is 9.59 Å². The van der Waals surface area contributed by atoms with Gasteiger partial charge >= 0.3 is 6.09 Å². The van der Waals surface area contributed by atoms with Crippen molar-refractivity contribution in [2.75, 3.05) is 13.2 Å². The van der Waals surface area contributed by atoms with Gasteiger partial charge in [-0.1, -0.05) is 12.1 Å². The van der Waals surface area contributed by atoms with Gasteiger partial charge in [0.15, 0.2) is 5.78 Å². The summed E-state index contributed by atoms with van der Waals surface area (Å²) in [4.78, 5) is 29.6. The molecule has 7 nitrogen and oxygen atoms in total. The number of fused-ring (bicyclic) bond motifs is 1. The number of nitrogens with one attached hydrogen (secondary N) is 1. The van der Waals surface area contributed by atoms with Crippen molar-refractivity contribution in [1.29, 1.82) is 0 Å². The van der Waals surface area contributed by atoms with Crippen LogP contribution in [0.15, 0.2) is 54.9 Å². The second-order valence-corrected chi connectivity index (χ2v) is 11.1. The van der Waals surface area contributed by atoms with E-state index in [1.54, 1.807) is 23.0 Å². The normalized spacial score (nSPS) is 17.2. The average molecular weight is 502 g/mol. The van der Waals surface area contributed by atoms with Crippen molar-refractivity contribution in [1.82, 2.24) is 14.9 Å². The lowest BCUT2D eigenvalue weighted by atomic mass is 9.86. The van der Waals surface area contributed by atoms with Gasteiger partial charge in [-0.2, -0.15) is 0 Å². The zero-order chi connectivity index (χ0) is 26.0. The fourth-order valence-electron chi connectivity index (χ4n) is 4.63.